The largest absolute Gasteiger partial charge is 0.487 e. The van der Waals surface area contributed by atoms with Crippen LogP contribution < -0.4 is 15.4 Å². The van der Waals surface area contributed by atoms with E-state index in [1.165, 1.54) is 23.3 Å². The summed E-state index contributed by atoms with van der Waals surface area (Å²) in [7, 11) is 0. The minimum atomic E-state index is -0.572. The minimum Gasteiger partial charge on any atom is -0.487 e. The van der Waals surface area contributed by atoms with Crippen molar-refractivity contribution in [3.63, 3.8) is 0 Å². The zero-order valence-corrected chi connectivity index (χ0v) is 21.3. The van der Waals surface area contributed by atoms with Crippen LogP contribution >= 0.6 is 0 Å². The van der Waals surface area contributed by atoms with E-state index >= 15 is 0 Å². The zero-order valence-electron chi connectivity index (χ0n) is 21.3. The smallest absolute Gasteiger partial charge is 0.323 e. The van der Waals surface area contributed by atoms with E-state index in [2.05, 4.69) is 22.8 Å². The molecule has 0 unspecified atom stereocenters. The Kier molecular flexibility index (Phi) is 6.93. The van der Waals surface area contributed by atoms with E-state index in [0.717, 1.165) is 12.0 Å². The standard InChI is InChI=1S/C30H30FN3O5/c31-24-7-3-4-8-25(24)33-30(37)32-20-9-10-26-22(13-20)23-14-21(38-27(17-35)29(23)39-26)15-28(36)34-12-11-18-5-1-2-6-19(18)16-34/h1-10,13,21,23,27,29,35H,11-12,14-17H2,(H2,32,33,37)/t21-,23-,27+,29+/m1/s1. The van der Waals surface area contributed by atoms with Crippen LogP contribution in [0.4, 0.5) is 20.6 Å². The molecule has 1 fully saturated rings. The van der Waals surface area contributed by atoms with Gasteiger partial charge in [0.1, 0.15) is 23.8 Å². The molecule has 4 atom stereocenters. The van der Waals surface area contributed by atoms with Crippen molar-refractivity contribution in [1.82, 2.24) is 4.90 Å². The van der Waals surface area contributed by atoms with Crippen LogP contribution in [0.5, 0.6) is 5.75 Å². The molecule has 3 aromatic carbocycles. The van der Waals surface area contributed by atoms with Crippen molar-refractivity contribution in [2.75, 3.05) is 23.8 Å². The summed E-state index contributed by atoms with van der Waals surface area (Å²) in [6.45, 7) is 1.04. The van der Waals surface area contributed by atoms with Crippen LogP contribution in [0.25, 0.3) is 0 Å². The van der Waals surface area contributed by atoms with Gasteiger partial charge < -0.3 is 30.1 Å². The van der Waals surface area contributed by atoms with Crippen LogP contribution in [-0.2, 0) is 22.5 Å². The highest BCUT2D eigenvalue weighted by Gasteiger charge is 2.46. The van der Waals surface area contributed by atoms with Gasteiger partial charge in [0.25, 0.3) is 0 Å². The van der Waals surface area contributed by atoms with Gasteiger partial charge in [-0.1, -0.05) is 36.4 Å². The Balaban J connectivity index is 1.14. The number of ether oxygens (including phenoxy) is 2. The molecule has 3 amide bonds. The van der Waals surface area contributed by atoms with Gasteiger partial charge in [0, 0.05) is 30.3 Å². The molecule has 3 aliphatic rings. The van der Waals surface area contributed by atoms with Crippen molar-refractivity contribution >= 4 is 23.3 Å². The number of para-hydroxylation sites is 1. The molecule has 0 saturated carbocycles. The van der Waals surface area contributed by atoms with Gasteiger partial charge in [-0.3, -0.25) is 4.79 Å². The molecule has 0 bridgehead atoms. The average molecular weight is 532 g/mol. The van der Waals surface area contributed by atoms with E-state index in [1.807, 2.05) is 23.1 Å². The van der Waals surface area contributed by atoms with Gasteiger partial charge in [-0.2, -0.15) is 0 Å². The SMILES string of the molecule is O=C(Nc1ccc2c(c1)[C@H]1C[C@H](CC(=O)N3CCc4ccccc4C3)O[C@@H](CO)[C@H]1O2)Nc1ccccc1F. The fraction of sp³-hybridized carbons (Fsp3) is 0.333. The Morgan fingerprint density at radius 3 is 2.64 bits per heavy atom. The summed E-state index contributed by atoms with van der Waals surface area (Å²) in [5.74, 6) is 0.0577. The Morgan fingerprint density at radius 2 is 1.82 bits per heavy atom. The van der Waals surface area contributed by atoms with Crippen LogP contribution in [0.2, 0.25) is 0 Å². The Hall–Kier alpha value is -3.95. The number of halogens is 1. The minimum absolute atomic E-state index is 0.0315. The lowest BCUT2D eigenvalue weighted by atomic mass is 9.84. The summed E-state index contributed by atoms with van der Waals surface area (Å²) in [6, 6.07) is 18.9. The normalized spacial score (nSPS) is 23.2. The number of rotatable bonds is 5. The number of aliphatic hydroxyl groups is 1. The molecular formula is C30H30FN3O5. The lowest BCUT2D eigenvalue weighted by molar-refractivity contribution is -0.149. The fourth-order valence-electron chi connectivity index (χ4n) is 5.85. The molecule has 3 aliphatic heterocycles. The number of hydrogen-bond donors (Lipinski definition) is 3. The Labute approximate surface area is 225 Å². The number of carbonyl (C=O) groups excluding carboxylic acids is 2. The predicted octanol–water partition coefficient (Wildman–Crippen LogP) is 4.44. The maximum Gasteiger partial charge on any atom is 0.323 e. The van der Waals surface area contributed by atoms with Crippen molar-refractivity contribution in [3.05, 3.63) is 89.2 Å². The molecule has 39 heavy (non-hydrogen) atoms. The van der Waals surface area contributed by atoms with Gasteiger partial charge in [0.2, 0.25) is 5.91 Å². The highest BCUT2D eigenvalue weighted by Crippen LogP contribution is 2.47. The first-order valence-corrected chi connectivity index (χ1v) is 13.2. The zero-order chi connectivity index (χ0) is 26.9. The van der Waals surface area contributed by atoms with Crippen molar-refractivity contribution in [2.24, 2.45) is 0 Å². The first-order valence-electron chi connectivity index (χ1n) is 13.2. The second-order valence-corrected chi connectivity index (χ2v) is 10.3. The molecule has 8 nitrogen and oxygen atoms in total. The molecule has 0 radical (unpaired) electrons. The first-order chi connectivity index (χ1) is 19.0. The topological polar surface area (TPSA) is 100 Å². The van der Waals surface area contributed by atoms with Gasteiger partial charge in [-0.25, -0.2) is 9.18 Å². The number of aliphatic hydroxyl groups excluding tert-OH is 1. The van der Waals surface area contributed by atoms with Gasteiger partial charge in [0.15, 0.2) is 0 Å². The predicted molar refractivity (Wildman–Crippen MR) is 143 cm³/mol. The summed E-state index contributed by atoms with van der Waals surface area (Å²) in [4.78, 5) is 27.6. The summed E-state index contributed by atoms with van der Waals surface area (Å²) in [5, 5.41) is 15.3. The van der Waals surface area contributed by atoms with E-state index in [4.69, 9.17) is 9.47 Å². The molecule has 202 valence electrons. The van der Waals surface area contributed by atoms with E-state index in [9.17, 15) is 19.1 Å². The number of amides is 3. The second kappa shape index (κ2) is 10.7. The quantitative estimate of drug-likeness (QED) is 0.452. The lowest BCUT2D eigenvalue weighted by Crippen LogP contribution is -2.48. The molecule has 0 aromatic heterocycles. The van der Waals surface area contributed by atoms with Gasteiger partial charge in [-0.05, 0) is 54.3 Å². The summed E-state index contributed by atoms with van der Waals surface area (Å²) >= 11 is 0. The molecule has 3 aromatic rings. The summed E-state index contributed by atoms with van der Waals surface area (Å²) < 4.78 is 26.2. The third-order valence-corrected chi connectivity index (χ3v) is 7.76. The highest BCUT2D eigenvalue weighted by atomic mass is 19.1. The molecule has 3 heterocycles. The number of nitrogens with one attached hydrogen (secondary N) is 2. The maximum atomic E-state index is 13.9. The summed E-state index contributed by atoms with van der Waals surface area (Å²) in [6.07, 6.45) is 0.273. The van der Waals surface area contributed by atoms with Crippen molar-refractivity contribution in [3.8, 4) is 5.75 Å². The van der Waals surface area contributed by atoms with E-state index in [1.54, 1.807) is 24.3 Å². The van der Waals surface area contributed by atoms with E-state index in [-0.39, 0.29) is 42.7 Å². The molecule has 1 saturated heterocycles. The maximum absolute atomic E-state index is 13.9. The number of hydrogen-bond acceptors (Lipinski definition) is 5. The fourth-order valence-corrected chi connectivity index (χ4v) is 5.85. The number of carbonyl (C=O) groups is 2. The monoisotopic (exact) mass is 531 g/mol. The van der Waals surface area contributed by atoms with Crippen LogP contribution in [0.15, 0.2) is 66.7 Å². The van der Waals surface area contributed by atoms with Crippen molar-refractivity contribution < 1.29 is 28.6 Å². The number of anilines is 2. The number of fused-ring (bicyclic) bond motifs is 4. The van der Waals surface area contributed by atoms with Gasteiger partial charge in [-0.15, -0.1) is 0 Å². The van der Waals surface area contributed by atoms with Gasteiger partial charge in [0.05, 0.1) is 24.8 Å². The average Bonchev–Trinajstić information content (AvgIpc) is 3.31. The molecule has 0 aliphatic carbocycles. The highest BCUT2D eigenvalue weighted by molar-refractivity contribution is 6.00. The Morgan fingerprint density at radius 1 is 1.03 bits per heavy atom. The summed E-state index contributed by atoms with van der Waals surface area (Å²) in [5.41, 5.74) is 3.95. The van der Waals surface area contributed by atoms with Crippen LogP contribution in [-0.4, -0.2) is 53.4 Å². The number of benzene rings is 3. The molecule has 6 rings (SSSR count). The molecule has 0 spiro atoms. The number of urea groups is 1. The van der Waals surface area contributed by atoms with E-state index in [0.29, 0.717) is 30.9 Å². The molecule has 9 heteroatoms. The third-order valence-electron chi connectivity index (χ3n) is 7.76. The van der Waals surface area contributed by atoms with Crippen LogP contribution in [0.3, 0.4) is 0 Å². The van der Waals surface area contributed by atoms with Crippen LogP contribution in [0, 0.1) is 5.82 Å². The molecular weight excluding hydrogens is 501 g/mol. The van der Waals surface area contributed by atoms with Crippen molar-refractivity contribution in [2.45, 2.75) is 50.0 Å². The van der Waals surface area contributed by atoms with Gasteiger partial charge >= 0.3 is 6.03 Å². The molecule has 3 N–H and O–H groups in total. The number of nitrogens with zero attached hydrogens (tertiary/aromatic N) is 1. The Bertz CT molecular complexity index is 1400. The lowest BCUT2D eigenvalue weighted by Gasteiger charge is -2.38. The van der Waals surface area contributed by atoms with Crippen LogP contribution in [0.1, 0.15) is 35.4 Å². The van der Waals surface area contributed by atoms with E-state index < -0.39 is 18.0 Å². The third kappa shape index (κ3) is 5.20. The van der Waals surface area contributed by atoms with Crippen molar-refractivity contribution in [1.29, 1.82) is 0 Å². The second-order valence-electron chi connectivity index (χ2n) is 10.3. The first kappa shape index (κ1) is 25.3.